The van der Waals surface area contributed by atoms with Crippen molar-refractivity contribution < 1.29 is 14.3 Å². The molecule has 0 aromatic carbocycles. The highest BCUT2D eigenvalue weighted by Crippen LogP contribution is 1.90. The van der Waals surface area contributed by atoms with Crippen LogP contribution in [-0.2, 0) is 9.47 Å². The van der Waals surface area contributed by atoms with Gasteiger partial charge in [0.05, 0.1) is 7.11 Å². The van der Waals surface area contributed by atoms with Gasteiger partial charge < -0.3 is 9.47 Å². The third-order valence-corrected chi connectivity index (χ3v) is 0.615. The largest absolute Gasteiger partial charge is 0.510 e. The highest BCUT2D eigenvalue weighted by atomic mass is 16.7. The molecule has 0 fully saturated rings. The molecule has 0 saturated heterocycles. The van der Waals surface area contributed by atoms with Gasteiger partial charge in [0.1, 0.15) is 12.1 Å². The molecule has 0 aromatic rings. The highest BCUT2D eigenvalue weighted by Gasteiger charge is 2.10. The third kappa shape index (κ3) is 2.53. The van der Waals surface area contributed by atoms with Crippen LogP contribution in [0.15, 0.2) is 0 Å². The summed E-state index contributed by atoms with van der Waals surface area (Å²) in [5.41, 5.74) is 0. The van der Waals surface area contributed by atoms with Gasteiger partial charge in [-0.15, -0.1) is 0 Å². The number of nitriles is 2. The Labute approximate surface area is 57.4 Å². The molecule has 0 unspecified atom stereocenters. The fourth-order valence-electron chi connectivity index (χ4n) is 0.226. The third-order valence-electron chi connectivity index (χ3n) is 0.615. The summed E-state index contributed by atoms with van der Waals surface area (Å²) >= 11 is 0. The molecule has 0 radical (unpaired) electrons. The zero-order valence-electron chi connectivity index (χ0n) is 5.20. The number of nitrogens with zero attached hydrogens (tertiary/aromatic N) is 2. The van der Waals surface area contributed by atoms with Crippen LogP contribution in [0.3, 0.4) is 0 Å². The lowest BCUT2D eigenvalue weighted by molar-refractivity contribution is 0.0684. The summed E-state index contributed by atoms with van der Waals surface area (Å²) < 4.78 is 8.14. The zero-order valence-corrected chi connectivity index (χ0v) is 5.20. The maximum absolute atomic E-state index is 10.2. The van der Waals surface area contributed by atoms with Crippen molar-refractivity contribution in [1.82, 2.24) is 0 Å². The topological polar surface area (TPSA) is 83.1 Å². The van der Waals surface area contributed by atoms with Gasteiger partial charge in [-0.2, -0.15) is 10.5 Å². The molecule has 0 aliphatic carbocycles. The van der Waals surface area contributed by atoms with Gasteiger partial charge in [0.25, 0.3) is 6.10 Å². The minimum absolute atomic E-state index is 1.03. The van der Waals surface area contributed by atoms with Gasteiger partial charge in [0.15, 0.2) is 0 Å². The van der Waals surface area contributed by atoms with E-state index in [4.69, 9.17) is 10.5 Å². The Balaban J connectivity index is 3.81. The predicted octanol–water partition coefficient (Wildman–Crippen LogP) is 0.185. The van der Waals surface area contributed by atoms with Crippen molar-refractivity contribution in [3.63, 3.8) is 0 Å². The standard InChI is InChI=1S/C5H4N2O3/c1-9-5(8)10-4(2-6)3-7/h4H,1H3. The van der Waals surface area contributed by atoms with Crippen LogP contribution in [0.2, 0.25) is 0 Å². The lowest BCUT2D eigenvalue weighted by Crippen LogP contribution is -2.13. The Morgan fingerprint density at radius 1 is 1.50 bits per heavy atom. The molecule has 0 aliphatic heterocycles. The fourth-order valence-corrected chi connectivity index (χ4v) is 0.226. The first-order chi connectivity index (χ1) is 4.74. The number of ether oxygens (including phenoxy) is 2. The molecule has 0 amide bonds. The van der Waals surface area contributed by atoms with Crippen LogP contribution in [0.4, 0.5) is 4.79 Å². The molecule has 52 valence electrons. The van der Waals surface area contributed by atoms with Crippen LogP contribution >= 0.6 is 0 Å². The number of carbonyl (C=O) groups excluding carboxylic acids is 1. The van der Waals surface area contributed by atoms with Gasteiger partial charge in [0, 0.05) is 0 Å². The molecule has 5 nitrogen and oxygen atoms in total. The van der Waals surface area contributed by atoms with Crippen molar-refractivity contribution in [2.24, 2.45) is 0 Å². The highest BCUT2D eigenvalue weighted by molar-refractivity contribution is 5.60. The summed E-state index contributed by atoms with van der Waals surface area (Å²) in [5.74, 6) is 0. The van der Waals surface area contributed by atoms with E-state index >= 15 is 0 Å². The Hall–Kier alpha value is -1.75. The summed E-state index contributed by atoms with van der Waals surface area (Å²) in [4.78, 5) is 10.2. The molecular formula is C5H4N2O3. The predicted molar refractivity (Wildman–Crippen MR) is 28.5 cm³/mol. The maximum atomic E-state index is 10.2. The zero-order chi connectivity index (χ0) is 7.98. The smallest absolute Gasteiger partial charge is 0.438 e. The molecule has 0 aliphatic rings. The van der Waals surface area contributed by atoms with Gasteiger partial charge in [-0.05, 0) is 0 Å². The number of hydrogen-bond donors (Lipinski definition) is 0. The Bertz CT molecular complexity index is 186. The molecule has 0 spiro atoms. The second-order valence-electron chi connectivity index (χ2n) is 1.21. The minimum Gasteiger partial charge on any atom is -0.438 e. The Kier molecular flexibility index (Phi) is 3.43. The maximum Gasteiger partial charge on any atom is 0.510 e. The van der Waals surface area contributed by atoms with Crippen LogP contribution in [0.1, 0.15) is 0 Å². The van der Waals surface area contributed by atoms with Crippen molar-refractivity contribution in [3.05, 3.63) is 0 Å². The molecule has 0 bridgehead atoms. The summed E-state index contributed by atoms with van der Waals surface area (Å²) in [5, 5.41) is 16.1. The van der Waals surface area contributed by atoms with Crippen molar-refractivity contribution in [1.29, 1.82) is 10.5 Å². The lowest BCUT2D eigenvalue weighted by Gasteiger charge is -1.99. The molecule has 0 rings (SSSR count). The first-order valence-electron chi connectivity index (χ1n) is 2.28. The fraction of sp³-hybridized carbons (Fsp3) is 0.400. The van der Waals surface area contributed by atoms with Gasteiger partial charge >= 0.3 is 6.16 Å². The van der Waals surface area contributed by atoms with E-state index in [1.807, 2.05) is 0 Å². The van der Waals surface area contributed by atoms with E-state index in [1.165, 1.54) is 12.1 Å². The molecule has 0 N–H and O–H groups in total. The van der Waals surface area contributed by atoms with Crippen LogP contribution in [0.5, 0.6) is 0 Å². The molecule has 0 atom stereocenters. The lowest BCUT2D eigenvalue weighted by atomic mass is 10.4. The van der Waals surface area contributed by atoms with Crippen LogP contribution in [-0.4, -0.2) is 19.4 Å². The molecule has 0 aromatic heterocycles. The quantitative estimate of drug-likeness (QED) is 0.485. The van der Waals surface area contributed by atoms with Crippen LogP contribution < -0.4 is 0 Å². The van der Waals surface area contributed by atoms with E-state index in [0.717, 1.165) is 7.11 Å². The molecular weight excluding hydrogens is 136 g/mol. The van der Waals surface area contributed by atoms with Crippen molar-refractivity contribution in [2.75, 3.05) is 7.11 Å². The van der Waals surface area contributed by atoms with Gasteiger partial charge in [-0.1, -0.05) is 0 Å². The summed E-state index contributed by atoms with van der Waals surface area (Å²) in [6, 6.07) is 2.87. The van der Waals surface area contributed by atoms with Crippen molar-refractivity contribution in [3.8, 4) is 12.1 Å². The second kappa shape index (κ2) is 4.16. The first-order valence-corrected chi connectivity index (χ1v) is 2.28. The SMILES string of the molecule is COC(=O)OC(C#N)C#N. The van der Waals surface area contributed by atoms with Gasteiger partial charge in [-0.25, -0.2) is 4.79 Å². The average molecular weight is 140 g/mol. The molecule has 10 heavy (non-hydrogen) atoms. The minimum atomic E-state index is -1.38. The summed E-state index contributed by atoms with van der Waals surface area (Å²) in [6.07, 6.45) is -2.42. The van der Waals surface area contributed by atoms with E-state index in [1.54, 1.807) is 0 Å². The normalized spacial score (nSPS) is 7.60. The Morgan fingerprint density at radius 2 is 2.00 bits per heavy atom. The monoisotopic (exact) mass is 140 g/mol. The Morgan fingerprint density at radius 3 is 2.30 bits per heavy atom. The van der Waals surface area contributed by atoms with Crippen molar-refractivity contribution in [2.45, 2.75) is 6.10 Å². The van der Waals surface area contributed by atoms with Crippen LogP contribution in [0.25, 0.3) is 0 Å². The van der Waals surface area contributed by atoms with Crippen LogP contribution in [0, 0.1) is 22.7 Å². The van der Waals surface area contributed by atoms with E-state index < -0.39 is 12.3 Å². The van der Waals surface area contributed by atoms with Gasteiger partial charge in [0.2, 0.25) is 0 Å². The molecule has 5 heteroatoms. The van der Waals surface area contributed by atoms with Gasteiger partial charge in [-0.3, -0.25) is 0 Å². The second-order valence-corrected chi connectivity index (χ2v) is 1.21. The first kappa shape index (κ1) is 8.25. The summed E-state index contributed by atoms with van der Waals surface area (Å²) in [6.45, 7) is 0. The van der Waals surface area contributed by atoms with E-state index in [0.29, 0.717) is 0 Å². The average Bonchev–Trinajstić information content (AvgIpc) is 1.99. The number of hydrogen-bond acceptors (Lipinski definition) is 5. The number of rotatable bonds is 1. The number of methoxy groups -OCH3 is 1. The summed E-state index contributed by atoms with van der Waals surface area (Å²) in [7, 11) is 1.09. The van der Waals surface area contributed by atoms with E-state index in [2.05, 4.69) is 9.47 Å². The molecule has 0 heterocycles. The van der Waals surface area contributed by atoms with E-state index in [9.17, 15) is 4.79 Å². The van der Waals surface area contributed by atoms with E-state index in [-0.39, 0.29) is 0 Å². The number of carbonyl (C=O) groups is 1. The van der Waals surface area contributed by atoms with Crippen molar-refractivity contribution >= 4 is 6.16 Å². The molecule has 0 saturated carbocycles.